The molecule has 1 nitrogen and oxygen atoms in total. The summed E-state index contributed by atoms with van der Waals surface area (Å²) in [6, 6.07) is 38.1. The lowest BCUT2D eigenvalue weighted by atomic mass is 9.26. The first kappa shape index (κ1) is 26.0. The summed E-state index contributed by atoms with van der Waals surface area (Å²) in [7, 11) is 0. The van der Waals surface area contributed by atoms with Crippen LogP contribution in [-0.4, -0.2) is 11.3 Å². The number of rotatable bonds is 1. The van der Waals surface area contributed by atoms with Gasteiger partial charge in [-0.25, -0.2) is 0 Å². The molecule has 222 valence electrons. The molecule has 0 aliphatic carbocycles. The van der Waals surface area contributed by atoms with E-state index in [1.54, 1.807) is 0 Å². The molecule has 0 amide bonds. The molecular weight excluding hydrogens is 565 g/mol. The van der Waals surface area contributed by atoms with Gasteiger partial charge in [-0.1, -0.05) is 114 Å². The summed E-state index contributed by atoms with van der Waals surface area (Å²) < 4.78 is 2.59. The van der Waals surface area contributed by atoms with Gasteiger partial charge in [0, 0.05) is 21.9 Å². The van der Waals surface area contributed by atoms with Crippen molar-refractivity contribution in [2.75, 3.05) is 0 Å². The second kappa shape index (κ2) is 8.25. The first-order valence-corrected chi connectivity index (χ1v) is 17.1. The van der Waals surface area contributed by atoms with Crippen LogP contribution in [0.1, 0.15) is 47.2 Å². The first-order valence-electron chi connectivity index (χ1n) is 17.1. The summed E-state index contributed by atoms with van der Waals surface area (Å²) in [5, 5.41) is 8.28. The summed E-state index contributed by atoms with van der Waals surface area (Å²) in [6.45, 7) is 14.1. The molecular formula is C45H34BN. The van der Waals surface area contributed by atoms with Crippen LogP contribution in [0.2, 0.25) is 0 Å². The molecule has 0 spiro atoms. The fourth-order valence-electron chi connectivity index (χ4n) is 10.3. The van der Waals surface area contributed by atoms with Gasteiger partial charge < -0.3 is 4.57 Å². The van der Waals surface area contributed by atoms with Crippen LogP contribution < -0.4 is 16.4 Å². The highest BCUT2D eigenvalue weighted by atomic mass is 15.0. The SMILES string of the molecule is Cc1cc(C)c2c(c1)c1cc(C)cc(C)c1n2-c1cc2c3c(c1)-c1cccc4ccc5c(c14)B3c1c(ccc3cccc-2c13)C5(C)C. The summed E-state index contributed by atoms with van der Waals surface area (Å²) in [5.41, 5.74) is 22.1. The molecule has 2 heteroatoms. The smallest absolute Gasteiger partial charge is 0.245 e. The summed E-state index contributed by atoms with van der Waals surface area (Å²) in [5.74, 6) is 0. The molecule has 7 aromatic carbocycles. The standard InChI is InChI=1S/C45H34BN/c1-23-17-25(3)43-34(19-23)35-20-24(2)18-26(4)44(35)47(43)29-21-32-30-11-7-9-27-13-15-36-41(38(27)30)46-40(32)33(22-29)31-12-8-10-28-14-16-37(45(36,5)6)42(46)39(28)31/h7-22H,1-6H3. The normalized spacial score (nSPS) is 14.7. The van der Waals surface area contributed by atoms with Crippen LogP contribution >= 0.6 is 0 Å². The molecule has 1 aromatic heterocycles. The minimum absolute atomic E-state index is 0.0764. The monoisotopic (exact) mass is 599 g/mol. The van der Waals surface area contributed by atoms with E-state index >= 15 is 0 Å². The Kier molecular flexibility index (Phi) is 4.57. The average Bonchev–Trinajstić information content (AvgIpc) is 3.38. The van der Waals surface area contributed by atoms with Gasteiger partial charge in [-0.2, -0.15) is 0 Å². The molecule has 3 aliphatic heterocycles. The molecule has 0 saturated heterocycles. The number of nitrogens with zero attached hydrogens (tertiary/aromatic N) is 1. The van der Waals surface area contributed by atoms with Crippen molar-refractivity contribution in [3.63, 3.8) is 0 Å². The Morgan fingerprint density at radius 3 is 1.49 bits per heavy atom. The first-order chi connectivity index (χ1) is 22.7. The van der Waals surface area contributed by atoms with Crippen LogP contribution in [0, 0.1) is 27.7 Å². The van der Waals surface area contributed by atoms with Gasteiger partial charge >= 0.3 is 0 Å². The fourth-order valence-corrected chi connectivity index (χ4v) is 10.3. The molecule has 8 aromatic rings. The Balaban J connectivity index is 1.38. The van der Waals surface area contributed by atoms with E-state index in [2.05, 4.69) is 143 Å². The van der Waals surface area contributed by atoms with E-state index in [9.17, 15) is 0 Å². The van der Waals surface area contributed by atoms with Crippen molar-refractivity contribution in [1.82, 2.24) is 4.57 Å². The second-order valence-corrected chi connectivity index (χ2v) is 15.2. The van der Waals surface area contributed by atoms with E-state index < -0.39 is 0 Å². The second-order valence-electron chi connectivity index (χ2n) is 15.2. The maximum absolute atomic E-state index is 2.59. The molecule has 0 N–H and O–H groups in total. The van der Waals surface area contributed by atoms with Crippen molar-refractivity contribution < 1.29 is 0 Å². The molecule has 11 rings (SSSR count). The zero-order valence-corrected chi connectivity index (χ0v) is 27.8. The lowest BCUT2D eigenvalue weighted by Gasteiger charge is -2.45. The van der Waals surface area contributed by atoms with Gasteiger partial charge in [0.2, 0.25) is 6.71 Å². The van der Waals surface area contributed by atoms with Gasteiger partial charge in [-0.05, 0) is 118 Å². The number of aromatic nitrogens is 1. The topological polar surface area (TPSA) is 4.93 Å². The van der Waals surface area contributed by atoms with E-state index in [-0.39, 0.29) is 12.1 Å². The van der Waals surface area contributed by atoms with Crippen molar-refractivity contribution in [3.05, 3.63) is 130 Å². The number of hydrogen-bond donors (Lipinski definition) is 0. The number of benzene rings is 7. The molecule has 0 atom stereocenters. The van der Waals surface area contributed by atoms with Crippen LogP contribution in [0.5, 0.6) is 0 Å². The summed E-state index contributed by atoms with van der Waals surface area (Å²) >= 11 is 0. The zero-order chi connectivity index (χ0) is 31.7. The highest BCUT2D eigenvalue weighted by Crippen LogP contribution is 2.47. The number of fused-ring (bicyclic) bond motifs is 5. The highest BCUT2D eigenvalue weighted by Gasteiger charge is 2.48. The van der Waals surface area contributed by atoms with E-state index in [0.29, 0.717) is 0 Å². The van der Waals surface area contributed by atoms with Gasteiger partial charge in [0.15, 0.2) is 0 Å². The van der Waals surface area contributed by atoms with Crippen LogP contribution in [0.15, 0.2) is 97.1 Å². The third-order valence-electron chi connectivity index (χ3n) is 12.0. The number of aryl methyl sites for hydroxylation is 4. The van der Waals surface area contributed by atoms with Crippen LogP contribution in [-0.2, 0) is 5.41 Å². The lowest BCUT2D eigenvalue weighted by molar-refractivity contribution is 0.647. The zero-order valence-electron chi connectivity index (χ0n) is 27.8. The average molecular weight is 600 g/mol. The van der Waals surface area contributed by atoms with Gasteiger partial charge in [-0.3, -0.25) is 0 Å². The summed E-state index contributed by atoms with van der Waals surface area (Å²) in [6.07, 6.45) is 0. The highest BCUT2D eigenvalue weighted by molar-refractivity contribution is 7.02. The van der Waals surface area contributed by atoms with Gasteiger partial charge in [0.25, 0.3) is 0 Å². The summed E-state index contributed by atoms with van der Waals surface area (Å²) in [4.78, 5) is 0. The predicted octanol–water partition coefficient (Wildman–Crippen LogP) is 9.44. The van der Waals surface area contributed by atoms with Crippen LogP contribution in [0.4, 0.5) is 0 Å². The third-order valence-corrected chi connectivity index (χ3v) is 12.0. The Hall–Kier alpha value is -5.08. The maximum Gasteiger partial charge on any atom is 0.245 e. The fraction of sp³-hybridized carbons (Fsp3) is 0.156. The van der Waals surface area contributed by atoms with Crippen LogP contribution in [0.25, 0.3) is 71.3 Å². The minimum Gasteiger partial charge on any atom is -0.309 e. The quantitative estimate of drug-likeness (QED) is 0.166. The molecule has 0 radical (unpaired) electrons. The van der Waals surface area contributed by atoms with Crippen molar-refractivity contribution >= 4 is 66.5 Å². The predicted molar refractivity (Wildman–Crippen MR) is 202 cm³/mol. The minimum atomic E-state index is -0.0764. The molecule has 3 aliphatic rings. The maximum atomic E-state index is 2.59. The molecule has 0 unspecified atom stereocenters. The van der Waals surface area contributed by atoms with Crippen molar-refractivity contribution in [2.24, 2.45) is 0 Å². The van der Waals surface area contributed by atoms with Gasteiger partial charge in [0.1, 0.15) is 0 Å². The Bertz CT molecular complexity index is 2620. The number of hydrogen-bond acceptors (Lipinski definition) is 0. The third kappa shape index (κ3) is 2.95. The molecule has 0 saturated carbocycles. The van der Waals surface area contributed by atoms with E-state index in [4.69, 9.17) is 0 Å². The molecule has 4 heterocycles. The van der Waals surface area contributed by atoms with Crippen molar-refractivity contribution in [3.8, 4) is 27.9 Å². The lowest BCUT2D eigenvalue weighted by Crippen LogP contribution is -2.64. The van der Waals surface area contributed by atoms with Crippen molar-refractivity contribution in [1.29, 1.82) is 0 Å². The van der Waals surface area contributed by atoms with Crippen LogP contribution in [0.3, 0.4) is 0 Å². The molecule has 47 heavy (non-hydrogen) atoms. The van der Waals surface area contributed by atoms with Crippen molar-refractivity contribution in [2.45, 2.75) is 47.0 Å². The van der Waals surface area contributed by atoms with E-state index in [1.807, 2.05) is 0 Å². The van der Waals surface area contributed by atoms with Gasteiger partial charge in [-0.15, -0.1) is 0 Å². The van der Waals surface area contributed by atoms with E-state index in [0.717, 1.165) is 0 Å². The Morgan fingerprint density at radius 2 is 1.00 bits per heavy atom. The molecule has 0 fully saturated rings. The Morgan fingerprint density at radius 1 is 0.511 bits per heavy atom. The van der Waals surface area contributed by atoms with E-state index in [1.165, 1.54) is 121 Å². The molecule has 0 bridgehead atoms. The van der Waals surface area contributed by atoms with Gasteiger partial charge in [0.05, 0.1) is 11.0 Å². The Labute approximate surface area is 275 Å². The largest absolute Gasteiger partial charge is 0.309 e.